The molecule has 0 saturated heterocycles. The van der Waals surface area contributed by atoms with E-state index in [2.05, 4.69) is 4.99 Å². The first-order valence-electron chi connectivity index (χ1n) is 9.57. The highest BCUT2D eigenvalue weighted by molar-refractivity contribution is 6.26. The summed E-state index contributed by atoms with van der Waals surface area (Å²) in [6.45, 7) is 2.06. The first-order chi connectivity index (χ1) is 13.4. The summed E-state index contributed by atoms with van der Waals surface area (Å²) in [5.41, 5.74) is 13.1. The molecule has 4 N–H and O–H groups in total. The normalized spacial score (nSPS) is 22.9. The van der Waals surface area contributed by atoms with Crippen LogP contribution in [0.1, 0.15) is 30.9 Å². The third-order valence-electron chi connectivity index (χ3n) is 5.28. The third kappa shape index (κ3) is 3.15. The van der Waals surface area contributed by atoms with Crippen LogP contribution in [0.15, 0.2) is 59.6 Å². The average Bonchev–Trinajstić information content (AvgIpc) is 3.54. The first-order valence-corrected chi connectivity index (χ1v) is 9.57. The van der Waals surface area contributed by atoms with Gasteiger partial charge in [-0.3, -0.25) is 15.3 Å². The Morgan fingerprint density at radius 1 is 1.18 bits per heavy atom. The predicted octanol–water partition coefficient (Wildman–Crippen LogP) is 1.85. The molecule has 1 saturated carbocycles. The Kier molecular flexibility index (Phi) is 4.61. The lowest BCUT2D eigenvalue weighted by molar-refractivity contribution is -0.134. The Morgan fingerprint density at radius 2 is 1.82 bits per heavy atom. The molecule has 2 aromatic rings. The number of nitrogens with zero attached hydrogens (tertiary/aromatic N) is 2. The van der Waals surface area contributed by atoms with Crippen molar-refractivity contribution in [1.82, 2.24) is 0 Å². The minimum Gasteiger partial charge on any atom is -0.322 e. The summed E-state index contributed by atoms with van der Waals surface area (Å²) in [6.07, 6.45) is 2.13. The zero-order valence-corrected chi connectivity index (χ0v) is 15.8. The van der Waals surface area contributed by atoms with Gasteiger partial charge in [0, 0.05) is 17.7 Å². The second-order valence-corrected chi connectivity index (χ2v) is 7.62. The zero-order valence-electron chi connectivity index (χ0n) is 15.8. The SMILES string of the molecule is C[C@H](N)C(=O)C1(N)N=C(c2ccccc2)c2ccccc2N(CC2CC2)C1=O. The van der Waals surface area contributed by atoms with Crippen LogP contribution in [0.3, 0.4) is 0 Å². The number of para-hydroxylation sites is 1. The van der Waals surface area contributed by atoms with Crippen molar-refractivity contribution in [3.8, 4) is 0 Å². The van der Waals surface area contributed by atoms with Gasteiger partial charge in [0.25, 0.3) is 5.91 Å². The molecular formula is C22H24N4O2. The maximum absolute atomic E-state index is 13.5. The van der Waals surface area contributed by atoms with Crippen LogP contribution in [-0.2, 0) is 9.59 Å². The lowest BCUT2D eigenvalue weighted by Crippen LogP contribution is -2.63. The lowest BCUT2D eigenvalue weighted by atomic mass is 9.98. The first kappa shape index (κ1) is 18.5. The van der Waals surface area contributed by atoms with Gasteiger partial charge in [-0.05, 0) is 31.7 Å². The fourth-order valence-electron chi connectivity index (χ4n) is 3.57. The van der Waals surface area contributed by atoms with E-state index in [1.807, 2.05) is 54.6 Å². The molecule has 1 amide bonds. The van der Waals surface area contributed by atoms with E-state index in [9.17, 15) is 9.59 Å². The van der Waals surface area contributed by atoms with Gasteiger partial charge in [-0.15, -0.1) is 0 Å². The van der Waals surface area contributed by atoms with Gasteiger partial charge in [-0.1, -0.05) is 48.5 Å². The minimum atomic E-state index is -2.05. The van der Waals surface area contributed by atoms with E-state index in [-0.39, 0.29) is 0 Å². The van der Waals surface area contributed by atoms with Crippen LogP contribution in [0, 0.1) is 5.92 Å². The molecule has 1 unspecified atom stereocenters. The van der Waals surface area contributed by atoms with Gasteiger partial charge < -0.3 is 10.6 Å². The summed E-state index contributed by atoms with van der Waals surface area (Å²) in [5, 5.41) is 0. The van der Waals surface area contributed by atoms with Gasteiger partial charge in [-0.25, -0.2) is 4.99 Å². The number of ketones is 1. The lowest BCUT2D eigenvalue weighted by Gasteiger charge is -2.30. The van der Waals surface area contributed by atoms with Crippen molar-refractivity contribution < 1.29 is 9.59 Å². The second-order valence-electron chi connectivity index (χ2n) is 7.62. The fraction of sp³-hybridized carbons (Fsp3) is 0.318. The number of hydrogen-bond donors (Lipinski definition) is 2. The van der Waals surface area contributed by atoms with Crippen molar-refractivity contribution in [2.24, 2.45) is 22.4 Å². The molecule has 6 nitrogen and oxygen atoms in total. The number of rotatable bonds is 5. The van der Waals surface area contributed by atoms with Gasteiger partial charge in [0.05, 0.1) is 17.4 Å². The molecule has 144 valence electrons. The van der Waals surface area contributed by atoms with E-state index in [0.717, 1.165) is 29.7 Å². The van der Waals surface area contributed by atoms with Crippen molar-refractivity contribution >= 4 is 23.1 Å². The number of aliphatic imine (C=N–C) groups is 1. The summed E-state index contributed by atoms with van der Waals surface area (Å²) in [5.74, 6) is -0.676. The van der Waals surface area contributed by atoms with E-state index in [1.54, 1.807) is 4.90 Å². The van der Waals surface area contributed by atoms with Gasteiger partial charge in [-0.2, -0.15) is 0 Å². The van der Waals surface area contributed by atoms with Gasteiger partial charge in [0.2, 0.25) is 11.4 Å². The van der Waals surface area contributed by atoms with Crippen molar-refractivity contribution in [2.75, 3.05) is 11.4 Å². The highest BCUT2D eigenvalue weighted by Crippen LogP contribution is 2.36. The fourth-order valence-corrected chi connectivity index (χ4v) is 3.57. The smallest absolute Gasteiger partial charge is 0.277 e. The number of hydrogen-bond acceptors (Lipinski definition) is 5. The maximum atomic E-state index is 13.5. The van der Waals surface area contributed by atoms with E-state index < -0.39 is 23.4 Å². The molecule has 2 atom stereocenters. The summed E-state index contributed by atoms with van der Waals surface area (Å²) >= 11 is 0. The number of Topliss-reactive ketones (excluding diaryl/α,β-unsaturated/α-hetero) is 1. The molecule has 2 aromatic carbocycles. The molecular weight excluding hydrogens is 352 g/mol. The van der Waals surface area contributed by atoms with E-state index in [0.29, 0.717) is 18.2 Å². The Labute approximate surface area is 164 Å². The van der Waals surface area contributed by atoms with Crippen molar-refractivity contribution in [3.05, 3.63) is 65.7 Å². The molecule has 0 radical (unpaired) electrons. The Morgan fingerprint density at radius 3 is 2.46 bits per heavy atom. The van der Waals surface area contributed by atoms with Crippen LogP contribution in [0.4, 0.5) is 5.69 Å². The van der Waals surface area contributed by atoms with Crippen LogP contribution >= 0.6 is 0 Å². The Bertz CT molecular complexity index is 950. The number of benzene rings is 2. The van der Waals surface area contributed by atoms with E-state index in [1.165, 1.54) is 6.92 Å². The van der Waals surface area contributed by atoms with Crippen molar-refractivity contribution in [3.63, 3.8) is 0 Å². The number of carbonyl (C=O) groups excluding carboxylic acids is 2. The number of anilines is 1. The maximum Gasteiger partial charge on any atom is 0.277 e. The molecule has 1 aliphatic carbocycles. The molecule has 0 bridgehead atoms. The standard InChI is InChI=1S/C22H24N4O2/c1-14(23)20(27)22(24)21(28)26(13-15-11-12-15)18-10-6-5-9-17(18)19(25-22)16-7-3-2-4-8-16/h2-10,14-15H,11-13,23-24H2,1H3/t14-,22?/m0/s1. The number of fused-ring (bicyclic) bond motifs is 1. The summed E-state index contributed by atoms with van der Waals surface area (Å²) < 4.78 is 0. The monoisotopic (exact) mass is 376 g/mol. The van der Waals surface area contributed by atoms with Crippen molar-refractivity contribution in [1.29, 1.82) is 0 Å². The third-order valence-corrected chi connectivity index (χ3v) is 5.28. The van der Waals surface area contributed by atoms with E-state index >= 15 is 0 Å². The zero-order chi connectivity index (χ0) is 19.9. The molecule has 1 heterocycles. The van der Waals surface area contributed by atoms with Crippen LogP contribution < -0.4 is 16.4 Å². The highest BCUT2D eigenvalue weighted by Gasteiger charge is 2.49. The van der Waals surface area contributed by atoms with Gasteiger partial charge in [0.15, 0.2) is 0 Å². The second kappa shape index (κ2) is 6.96. The molecule has 0 spiro atoms. The van der Waals surface area contributed by atoms with Gasteiger partial charge >= 0.3 is 0 Å². The Balaban J connectivity index is 1.96. The quantitative estimate of drug-likeness (QED) is 0.778. The molecule has 2 aliphatic rings. The molecule has 6 heteroatoms. The van der Waals surface area contributed by atoms with Crippen LogP contribution in [0.2, 0.25) is 0 Å². The number of amides is 1. The molecule has 1 aliphatic heterocycles. The number of carbonyl (C=O) groups is 2. The number of benzodiazepines with no additional fused rings is 1. The molecule has 28 heavy (non-hydrogen) atoms. The summed E-state index contributed by atoms with van der Waals surface area (Å²) in [7, 11) is 0. The molecule has 0 aromatic heterocycles. The van der Waals surface area contributed by atoms with Gasteiger partial charge in [0.1, 0.15) is 0 Å². The predicted molar refractivity (Wildman–Crippen MR) is 109 cm³/mol. The van der Waals surface area contributed by atoms with Crippen LogP contribution in [0.25, 0.3) is 0 Å². The molecule has 4 rings (SSSR count). The highest BCUT2D eigenvalue weighted by atomic mass is 16.2. The van der Waals surface area contributed by atoms with E-state index in [4.69, 9.17) is 11.5 Å². The number of nitrogens with two attached hydrogens (primary N) is 2. The Hall–Kier alpha value is -2.83. The van der Waals surface area contributed by atoms with Crippen LogP contribution in [-0.4, -0.2) is 35.7 Å². The summed E-state index contributed by atoms with van der Waals surface area (Å²) in [4.78, 5) is 32.7. The topological polar surface area (TPSA) is 102 Å². The average molecular weight is 376 g/mol. The van der Waals surface area contributed by atoms with Crippen molar-refractivity contribution in [2.45, 2.75) is 31.5 Å². The summed E-state index contributed by atoms with van der Waals surface area (Å²) in [6, 6.07) is 16.1. The largest absolute Gasteiger partial charge is 0.322 e. The minimum absolute atomic E-state index is 0.421. The van der Waals surface area contributed by atoms with Crippen LogP contribution in [0.5, 0.6) is 0 Å². The molecule has 1 fully saturated rings.